The quantitative estimate of drug-likeness (QED) is 0.917. The molecule has 0 spiro atoms. The van der Waals surface area contributed by atoms with Crippen LogP contribution >= 0.6 is 0 Å². The molecule has 0 aliphatic carbocycles. The van der Waals surface area contributed by atoms with Gasteiger partial charge in [-0.2, -0.15) is 0 Å². The van der Waals surface area contributed by atoms with Crippen LogP contribution in [0.5, 0.6) is 0 Å². The van der Waals surface area contributed by atoms with Crippen molar-refractivity contribution in [1.82, 2.24) is 5.16 Å². The Morgan fingerprint density at radius 3 is 2.81 bits per heavy atom. The second-order valence-electron chi connectivity index (χ2n) is 5.04. The van der Waals surface area contributed by atoms with Crippen molar-refractivity contribution in [2.45, 2.75) is 20.3 Å². The van der Waals surface area contributed by atoms with Crippen molar-refractivity contribution >= 4 is 23.2 Å². The molecule has 0 radical (unpaired) electrons. The van der Waals surface area contributed by atoms with Gasteiger partial charge in [-0.15, -0.1) is 0 Å². The molecule has 1 aromatic heterocycles. The summed E-state index contributed by atoms with van der Waals surface area (Å²) in [5, 5.41) is 6.46. The number of carbonyl (C=O) groups excluding carboxylic acids is 2. The van der Waals surface area contributed by atoms with E-state index in [1.54, 1.807) is 30.9 Å². The minimum atomic E-state index is -0.312. The van der Waals surface area contributed by atoms with Gasteiger partial charge in [-0.1, -0.05) is 5.16 Å². The summed E-state index contributed by atoms with van der Waals surface area (Å²) in [5.74, 6) is 0.308. The van der Waals surface area contributed by atoms with Crippen LogP contribution in [-0.4, -0.2) is 23.5 Å². The maximum atomic E-state index is 12.0. The second kappa shape index (κ2) is 5.05. The van der Waals surface area contributed by atoms with E-state index in [0.717, 1.165) is 17.7 Å². The summed E-state index contributed by atoms with van der Waals surface area (Å²) in [6.45, 7) is 3.97. The molecule has 0 atom stereocenters. The molecular weight excluding hydrogens is 270 g/mol. The summed E-state index contributed by atoms with van der Waals surface area (Å²) >= 11 is 0. The Labute approximate surface area is 121 Å². The van der Waals surface area contributed by atoms with E-state index in [4.69, 9.17) is 4.52 Å². The predicted molar refractivity (Wildman–Crippen MR) is 77.4 cm³/mol. The number of carbonyl (C=O) groups is 2. The second-order valence-corrected chi connectivity index (χ2v) is 5.04. The van der Waals surface area contributed by atoms with E-state index in [-0.39, 0.29) is 17.5 Å². The molecule has 2 heterocycles. The smallest absolute Gasteiger partial charge is 0.277 e. The number of nitrogens with one attached hydrogen (secondary N) is 1. The van der Waals surface area contributed by atoms with Gasteiger partial charge in [0, 0.05) is 30.9 Å². The van der Waals surface area contributed by atoms with E-state index in [9.17, 15) is 9.59 Å². The number of rotatable bonds is 2. The van der Waals surface area contributed by atoms with Crippen molar-refractivity contribution in [3.63, 3.8) is 0 Å². The van der Waals surface area contributed by atoms with Gasteiger partial charge in [0.2, 0.25) is 5.91 Å². The van der Waals surface area contributed by atoms with Crippen LogP contribution in [0.4, 0.5) is 11.4 Å². The fourth-order valence-corrected chi connectivity index (χ4v) is 2.48. The van der Waals surface area contributed by atoms with E-state index >= 15 is 0 Å². The molecule has 0 unspecified atom stereocenters. The maximum Gasteiger partial charge on any atom is 0.277 e. The lowest BCUT2D eigenvalue weighted by molar-refractivity contribution is -0.116. The highest BCUT2D eigenvalue weighted by Crippen LogP contribution is 2.30. The zero-order chi connectivity index (χ0) is 15.0. The fourth-order valence-electron chi connectivity index (χ4n) is 2.48. The van der Waals surface area contributed by atoms with E-state index in [1.807, 2.05) is 12.1 Å². The zero-order valence-corrected chi connectivity index (χ0v) is 11.8. The summed E-state index contributed by atoms with van der Waals surface area (Å²) in [5.41, 5.74) is 2.90. The summed E-state index contributed by atoms with van der Waals surface area (Å²) in [6.07, 6.45) is 0.793. The Morgan fingerprint density at radius 1 is 1.33 bits per heavy atom. The van der Waals surface area contributed by atoms with Crippen LogP contribution in [0.3, 0.4) is 0 Å². The van der Waals surface area contributed by atoms with Crippen LogP contribution in [0, 0.1) is 6.92 Å². The average molecular weight is 285 g/mol. The monoisotopic (exact) mass is 285 g/mol. The standard InChI is InChI=1S/C15H15N3O3/c1-9-7-13(17-21-9)15(20)16-12-3-4-14-11(8-12)5-6-18(14)10(2)19/h3-4,7-8H,5-6H2,1-2H3,(H,16,20). The van der Waals surface area contributed by atoms with Crippen LogP contribution in [0.25, 0.3) is 0 Å². The Kier molecular flexibility index (Phi) is 3.21. The van der Waals surface area contributed by atoms with Crippen LogP contribution in [0.15, 0.2) is 28.8 Å². The highest BCUT2D eigenvalue weighted by Gasteiger charge is 2.22. The summed E-state index contributed by atoms with van der Waals surface area (Å²) < 4.78 is 4.88. The molecule has 0 saturated carbocycles. The lowest BCUT2D eigenvalue weighted by Crippen LogP contribution is -2.25. The highest BCUT2D eigenvalue weighted by molar-refractivity contribution is 6.03. The first-order valence-corrected chi connectivity index (χ1v) is 6.70. The highest BCUT2D eigenvalue weighted by atomic mass is 16.5. The molecule has 2 aromatic rings. The van der Waals surface area contributed by atoms with Gasteiger partial charge in [0.25, 0.3) is 5.91 Å². The predicted octanol–water partition coefficient (Wildman–Crippen LogP) is 2.14. The van der Waals surface area contributed by atoms with Crippen molar-refractivity contribution in [2.24, 2.45) is 0 Å². The molecule has 1 aliphatic rings. The average Bonchev–Trinajstić information content (AvgIpc) is 3.04. The zero-order valence-electron chi connectivity index (χ0n) is 11.8. The molecule has 1 aliphatic heterocycles. The van der Waals surface area contributed by atoms with Crippen molar-refractivity contribution in [1.29, 1.82) is 0 Å². The first-order valence-electron chi connectivity index (χ1n) is 6.70. The number of aryl methyl sites for hydroxylation is 1. The molecule has 6 nitrogen and oxygen atoms in total. The van der Waals surface area contributed by atoms with Crippen molar-refractivity contribution in [2.75, 3.05) is 16.8 Å². The van der Waals surface area contributed by atoms with Gasteiger partial charge in [0.15, 0.2) is 5.69 Å². The van der Waals surface area contributed by atoms with E-state index in [0.29, 0.717) is 18.0 Å². The number of hydrogen-bond acceptors (Lipinski definition) is 4. The normalized spacial score (nSPS) is 13.1. The largest absolute Gasteiger partial charge is 0.361 e. The molecule has 108 valence electrons. The molecular formula is C15H15N3O3. The van der Waals surface area contributed by atoms with Crippen LogP contribution < -0.4 is 10.2 Å². The number of amides is 2. The lowest BCUT2D eigenvalue weighted by atomic mass is 10.1. The summed E-state index contributed by atoms with van der Waals surface area (Å²) in [7, 11) is 0. The van der Waals surface area contributed by atoms with Crippen molar-refractivity contribution in [3.05, 3.63) is 41.3 Å². The van der Waals surface area contributed by atoms with E-state index in [2.05, 4.69) is 10.5 Å². The van der Waals surface area contributed by atoms with E-state index in [1.165, 1.54) is 0 Å². The Hall–Kier alpha value is -2.63. The molecule has 3 rings (SSSR count). The molecule has 2 amide bonds. The number of hydrogen-bond donors (Lipinski definition) is 1. The van der Waals surface area contributed by atoms with Gasteiger partial charge in [-0.25, -0.2) is 0 Å². The third kappa shape index (κ3) is 2.52. The van der Waals surface area contributed by atoms with Crippen molar-refractivity contribution < 1.29 is 14.1 Å². The topological polar surface area (TPSA) is 75.4 Å². The first kappa shape index (κ1) is 13.4. The SMILES string of the molecule is CC(=O)N1CCc2cc(NC(=O)c3cc(C)on3)ccc21. The summed E-state index contributed by atoms with van der Waals surface area (Å²) in [4.78, 5) is 25.2. The summed E-state index contributed by atoms with van der Waals surface area (Å²) in [6, 6.07) is 7.11. The molecule has 0 bridgehead atoms. The number of benzene rings is 1. The third-order valence-electron chi connectivity index (χ3n) is 3.47. The van der Waals surface area contributed by atoms with Gasteiger partial charge in [0.05, 0.1) is 0 Å². The van der Waals surface area contributed by atoms with Crippen molar-refractivity contribution in [3.8, 4) is 0 Å². The van der Waals surface area contributed by atoms with Crippen LogP contribution in [0.1, 0.15) is 28.7 Å². The Morgan fingerprint density at radius 2 is 2.14 bits per heavy atom. The lowest BCUT2D eigenvalue weighted by Gasteiger charge is -2.14. The first-order chi connectivity index (χ1) is 10.0. The fraction of sp³-hybridized carbons (Fsp3) is 0.267. The number of fused-ring (bicyclic) bond motifs is 1. The Balaban J connectivity index is 1.79. The number of nitrogens with zero attached hydrogens (tertiary/aromatic N) is 2. The molecule has 1 N–H and O–H groups in total. The van der Waals surface area contributed by atoms with Crippen LogP contribution in [0.2, 0.25) is 0 Å². The molecule has 6 heteroatoms. The third-order valence-corrected chi connectivity index (χ3v) is 3.47. The van der Waals surface area contributed by atoms with Gasteiger partial charge in [-0.3, -0.25) is 9.59 Å². The molecule has 21 heavy (non-hydrogen) atoms. The number of anilines is 2. The van der Waals surface area contributed by atoms with Crippen LogP contribution in [-0.2, 0) is 11.2 Å². The minimum absolute atomic E-state index is 0.0311. The van der Waals surface area contributed by atoms with Gasteiger partial charge >= 0.3 is 0 Å². The minimum Gasteiger partial charge on any atom is -0.361 e. The van der Waals surface area contributed by atoms with Gasteiger partial charge in [-0.05, 0) is 37.1 Å². The molecule has 0 fully saturated rings. The number of aromatic nitrogens is 1. The van der Waals surface area contributed by atoms with Gasteiger partial charge in [0.1, 0.15) is 5.76 Å². The molecule has 0 saturated heterocycles. The Bertz CT molecular complexity index is 721. The van der Waals surface area contributed by atoms with E-state index < -0.39 is 0 Å². The maximum absolute atomic E-state index is 12.0. The van der Waals surface area contributed by atoms with Gasteiger partial charge < -0.3 is 14.7 Å². The molecule has 1 aromatic carbocycles.